The Hall–Kier alpha value is -1.05. The summed E-state index contributed by atoms with van der Waals surface area (Å²) in [5.74, 6) is -0.814. The summed E-state index contributed by atoms with van der Waals surface area (Å²) in [7, 11) is 0. The van der Waals surface area contributed by atoms with Crippen molar-refractivity contribution in [2.45, 2.75) is 0 Å². The van der Waals surface area contributed by atoms with Gasteiger partial charge in [-0.25, -0.2) is 4.39 Å². The van der Waals surface area contributed by atoms with Crippen LogP contribution in [0.5, 0.6) is 0 Å². The smallest absolute Gasteiger partial charge is 0.156 e. The Bertz CT molecular complexity index is 302. The van der Waals surface area contributed by atoms with Crippen LogP contribution in [0.4, 0.5) is 10.1 Å². The first-order valence-electron chi connectivity index (χ1n) is 3.97. The van der Waals surface area contributed by atoms with Gasteiger partial charge in [-0.05, 0) is 24.2 Å². The monoisotopic (exact) mass is 115 g/mol. The van der Waals surface area contributed by atoms with E-state index in [1.165, 1.54) is 0 Å². The van der Waals surface area contributed by atoms with Crippen LogP contribution in [0.2, 0.25) is 2.82 Å². The van der Waals surface area contributed by atoms with Crippen LogP contribution in [-0.2, 0) is 0 Å². The lowest BCUT2D eigenvalue weighted by Crippen LogP contribution is -1.82. The summed E-state index contributed by atoms with van der Waals surface area (Å²) >= 11 is 0. The predicted molar refractivity (Wildman–Crippen MR) is 30.8 cm³/mol. The molecule has 0 aliphatic heterocycles. The Kier molecular flexibility index (Phi) is 0.467. The van der Waals surface area contributed by atoms with Crippen LogP contribution in [0.1, 0.15) is 2.74 Å². The highest BCUT2D eigenvalue weighted by molar-refractivity contribution is 5.36. The van der Waals surface area contributed by atoms with Crippen LogP contribution in [0.25, 0.3) is 0 Å². The van der Waals surface area contributed by atoms with Gasteiger partial charge in [0.25, 0.3) is 0 Å². The minimum atomic E-state index is -0.814. The fourth-order valence-electron chi connectivity index (χ4n) is 0.359. The molecule has 0 atom stereocenters. The fraction of sp³-hybridized carbons (Fsp3) is 0. The molecule has 0 aliphatic rings. The topological polar surface area (TPSA) is 26.0 Å². The van der Waals surface area contributed by atoms with Crippen molar-refractivity contribution in [2.75, 3.05) is 5.72 Å². The summed E-state index contributed by atoms with van der Waals surface area (Å²) < 4.78 is 40.4. The van der Waals surface area contributed by atoms with Crippen LogP contribution >= 0.6 is 0 Å². The van der Waals surface area contributed by atoms with Crippen LogP contribution in [-0.4, -0.2) is 0 Å². The zero-order chi connectivity index (χ0) is 9.30. The van der Waals surface area contributed by atoms with Crippen molar-refractivity contribution < 1.29 is 9.96 Å². The van der Waals surface area contributed by atoms with E-state index in [-0.39, 0.29) is 11.4 Å². The quantitative estimate of drug-likeness (QED) is 0.550. The second-order valence-electron chi connectivity index (χ2n) is 1.32. The maximum atomic E-state index is 12.6. The molecule has 2 N–H and O–H groups in total. The highest BCUT2D eigenvalue weighted by Gasteiger charge is 1.83. The number of halogens is 1. The van der Waals surface area contributed by atoms with Gasteiger partial charge in [0, 0.05) is 5.69 Å². The van der Waals surface area contributed by atoms with E-state index in [1.54, 1.807) is 0 Å². The largest absolute Gasteiger partial charge is 0.399 e. The van der Waals surface area contributed by atoms with E-state index in [9.17, 15) is 4.39 Å². The molecule has 1 nitrogen and oxygen atoms in total. The van der Waals surface area contributed by atoms with Gasteiger partial charge in [0.15, 0.2) is 2.82 Å². The van der Waals surface area contributed by atoms with E-state index in [1.807, 2.05) is 0 Å². The molecule has 42 valence electrons. The van der Waals surface area contributed by atoms with Crippen molar-refractivity contribution in [1.29, 1.82) is 0 Å². The number of rotatable bonds is 1. The third-order valence-electron chi connectivity index (χ3n) is 0.698. The molecule has 0 bridgehead atoms. The van der Waals surface area contributed by atoms with E-state index < -0.39 is 17.9 Å². The van der Waals surface area contributed by atoms with Crippen LogP contribution < -0.4 is 5.72 Å². The van der Waals surface area contributed by atoms with E-state index in [2.05, 4.69) is 0 Å². The molecule has 0 heterocycles. The standard InChI is InChI=1S/C6H6FN/c7-5-1-3-6(8)4-2-5/h1-4H,8H2/i1D,3D/hD2. The molecule has 0 radical (unpaired) electrons. The minimum Gasteiger partial charge on any atom is -0.399 e. The fourth-order valence-corrected chi connectivity index (χ4v) is 0.359. The summed E-state index contributed by atoms with van der Waals surface area (Å²) in [6, 6.07) is 1.05. The zero-order valence-corrected chi connectivity index (χ0v) is 3.98. The van der Waals surface area contributed by atoms with E-state index in [0.29, 0.717) is 0 Å². The second-order valence-corrected chi connectivity index (χ2v) is 1.32. The Morgan fingerprint density at radius 3 is 3.25 bits per heavy atom. The average molecular weight is 115 g/mol. The maximum Gasteiger partial charge on any atom is 0.156 e. The molecule has 0 fully saturated rings. The van der Waals surface area contributed by atoms with Gasteiger partial charge in [-0.1, -0.05) is 0 Å². The number of hydrogen-bond donors (Lipinski definition) is 1. The van der Waals surface area contributed by atoms with Crippen molar-refractivity contribution in [2.24, 2.45) is 0 Å². The average Bonchev–Trinajstić information content (AvgIpc) is 2.00. The number of anilines is 1. The zero-order valence-electron chi connectivity index (χ0n) is 7.98. The molecule has 1 aromatic rings. The van der Waals surface area contributed by atoms with E-state index in [0.717, 1.165) is 12.1 Å². The molecule has 0 saturated carbocycles. The molecular formula is C6H6FN. The lowest BCUT2D eigenvalue weighted by atomic mass is 10.3. The molecule has 2 heteroatoms. The van der Waals surface area contributed by atoms with Crippen molar-refractivity contribution in [3.05, 3.63) is 30.0 Å². The number of benzene rings is 1. The van der Waals surface area contributed by atoms with E-state index >= 15 is 0 Å². The molecule has 1 aromatic carbocycles. The van der Waals surface area contributed by atoms with Gasteiger partial charge in [-0.3, -0.25) is 0 Å². The van der Waals surface area contributed by atoms with E-state index in [4.69, 9.17) is 5.57 Å². The first-order chi connectivity index (χ1) is 5.54. The van der Waals surface area contributed by atoms with Gasteiger partial charge >= 0.3 is 0 Å². The molecule has 0 unspecified atom stereocenters. The summed E-state index contributed by atoms with van der Waals surface area (Å²) in [5.41, 5.74) is 0.0706. The summed E-state index contributed by atoms with van der Waals surface area (Å²) in [4.78, 5) is 0. The van der Waals surface area contributed by atoms with Gasteiger partial charge in [0.1, 0.15) is 5.82 Å². The SMILES string of the molecule is [2H]c1c(F)ccc(N([2H])[2H])c1[2H]. The Balaban J connectivity index is 3.27. The second kappa shape index (κ2) is 1.82. The number of hydrogen-bond acceptors (Lipinski definition) is 1. The lowest BCUT2D eigenvalue weighted by molar-refractivity contribution is 0.628. The van der Waals surface area contributed by atoms with Crippen molar-refractivity contribution in [3.63, 3.8) is 0 Å². The van der Waals surface area contributed by atoms with Gasteiger partial charge in [0.2, 0.25) is 0 Å². The molecule has 0 aromatic heterocycles. The van der Waals surface area contributed by atoms with Crippen molar-refractivity contribution in [3.8, 4) is 0 Å². The number of nitrogens with two attached hydrogens (primary N) is 1. The predicted octanol–water partition coefficient (Wildman–Crippen LogP) is 1.41. The third kappa shape index (κ3) is 0.964. The summed E-state index contributed by atoms with van der Waals surface area (Å²) in [6.45, 7) is 0. The van der Waals surface area contributed by atoms with Crippen molar-refractivity contribution >= 4 is 5.69 Å². The minimum absolute atomic E-state index is 0.110. The first kappa shape index (κ1) is 2.05. The lowest BCUT2D eigenvalue weighted by Gasteiger charge is -1.87. The van der Waals surface area contributed by atoms with Gasteiger partial charge in [0.05, 0.1) is 2.74 Å². The van der Waals surface area contributed by atoms with Gasteiger partial charge < -0.3 is 5.72 Å². The Morgan fingerprint density at radius 2 is 2.50 bits per heavy atom. The van der Waals surface area contributed by atoms with Crippen molar-refractivity contribution in [1.82, 2.24) is 0 Å². The number of nitrogen functional groups attached to an aromatic ring is 1. The van der Waals surface area contributed by atoms with Crippen LogP contribution in [0.3, 0.4) is 0 Å². The molecule has 8 heavy (non-hydrogen) atoms. The summed E-state index contributed by atoms with van der Waals surface area (Å²) in [6.07, 6.45) is 0. The van der Waals surface area contributed by atoms with Crippen LogP contribution in [0, 0.1) is 5.82 Å². The van der Waals surface area contributed by atoms with Crippen LogP contribution in [0.15, 0.2) is 24.2 Å². The molecule has 1 rings (SSSR count). The molecule has 0 amide bonds. The highest BCUT2D eigenvalue weighted by atomic mass is 19.1. The molecule has 0 spiro atoms. The molecular weight excluding hydrogens is 105 g/mol. The Morgan fingerprint density at radius 1 is 1.62 bits per heavy atom. The molecule has 0 aliphatic carbocycles. The van der Waals surface area contributed by atoms with Gasteiger partial charge in [-0.15, -0.1) is 0 Å². The summed E-state index contributed by atoms with van der Waals surface area (Å²) in [5, 5.41) is 0. The maximum absolute atomic E-state index is 12.6. The third-order valence-corrected chi connectivity index (χ3v) is 0.698. The molecule has 0 saturated heterocycles. The van der Waals surface area contributed by atoms with Gasteiger partial charge in [-0.2, -0.15) is 0 Å². The normalized spacial score (nSPS) is 15.6. The highest BCUT2D eigenvalue weighted by Crippen LogP contribution is 2.01. The Labute approximate surface area is 52.7 Å². The first-order valence-corrected chi connectivity index (χ1v) is 2.07.